The molecule has 0 spiro atoms. The van der Waals surface area contributed by atoms with Gasteiger partial charge in [-0.1, -0.05) is 0 Å². The van der Waals surface area contributed by atoms with E-state index in [1.807, 2.05) is 0 Å². The summed E-state index contributed by atoms with van der Waals surface area (Å²) in [7, 11) is 0. The molecular formula is C20H30F4N4O9. The highest BCUT2D eigenvalue weighted by Gasteiger charge is 2.60. The van der Waals surface area contributed by atoms with Gasteiger partial charge in [0.05, 0.1) is 12.8 Å². The number of likely N-dealkylation sites (tertiary alicyclic amines) is 2. The fraction of sp³-hybridized carbons (Fsp3) is 0.700. The SMILES string of the molecule is CC(C)(C)OC(=O)N1C(=O)C(F)(F)CC1C(=O)O.CC(C)(C)OC(=O)N1C(=O)C(F)(F)CC1C(N)=O.N. The highest BCUT2D eigenvalue weighted by Crippen LogP contribution is 2.35. The van der Waals surface area contributed by atoms with Crippen LogP contribution in [0.25, 0.3) is 0 Å². The first-order valence-corrected chi connectivity index (χ1v) is 10.3. The summed E-state index contributed by atoms with van der Waals surface area (Å²) in [5.74, 6) is -14.1. The molecule has 37 heavy (non-hydrogen) atoms. The molecule has 0 aromatic carbocycles. The summed E-state index contributed by atoms with van der Waals surface area (Å²) >= 11 is 0. The number of nitrogens with zero attached hydrogens (tertiary/aromatic N) is 2. The lowest BCUT2D eigenvalue weighted by Gasteiger charge is -2.25. The van der Waals surface area contributed by atoms with Gasteiger partial charge in [-0.2, -0.15) is 17.6 Å². The van der Waals surface area contributed by atoms with Crippen LogP contribution in [0.2, 0.25) is 0 Å². The molecule has 0 saturated carbocycles. The van der Waals surface area contributed by atoms with Gasteiger partial charge in [0.15, 0.2) is 0 Å². The smallest absolute Gasteiger partial charge is 0.418 e. The van der Waals surface area contributed by atoms with E-state index in [9.17, 15) is 46.3 Å². The monoisotopic (exact) mass is 546 g/mol. The number of rotatable bonds is 2. The molecule has 0 aliphatic carbocycles. The van der Waals surface area contributed by atoms with Crippen molar-refractivity contribution in [3.8, 4) is 0 Å². The summed E-state index contributed by atoms with van der Waals surface area (Å²) in [6.45, 7) is 8.92. The van der Waals surface area contributed by atoms with Gasteiger partial charge in [0.1, 0.15) is 23.3 Å². The van der Waals surface area contributed by atoms with Crippen LogP contribution in [0.5, 0.6) is 0 Å². The van der Waals surface area contributed by atoms with Crippen molar-refractivity contribution in [2.24, 2.45) is 5.73 Å². The minimum Gasteiger partial charge on any atom is -0.480 e. The summed E-state index contributed by atoms with van der Waals surface area (Å²) in [6.07, 6.45) is -5.02. The number of carboxylic acids is 1. The van der Waals surface area contributed by atoms with Crippen molar-refractivity contribution in [3.05, 3.63) is 0 Å². The quantitative estimate of drug-likeness (QED) is 0.429. The minimum absolute atomic E-state index is 0. The molecule has 2 unspecified atom stereocenters. The number of amides is 5. The Morgan fingerprint density at radius 1 is 0.811 bits per heavy atom. The van der Waals surface area contributed by atoms with Crippen LogP contribution in [0.1, 0.15) is 54.4 Å². The zero-order valence-electron chi connectivity index (χ0n) is 21.0. The molecule has 13 nitrogen and oxygen atoms in total. The molecule has 2 fully saturated rings. The van der Waals surface area contributed by atoms with Crippen molar-refractivity contribution < 1.29 is 60.9 Å². The fourth-order valence-corrected chi connectivity index (χ4v) is 2.95. The zero-order chi connectivity index (χ0) is 28.6. The van der Waals surface area contributed by atoms with Gasteiger partial charge in [0.25, 0.3) is 0 Å². The number of aliphatic carboxylic acids is 1. The molecule has 0 aromatic rings. The van der Waals surface area contributed by atoms with Gasteiger partial charge in [-0.05, 0) is 41.5 Å². The Balaban J connectivity index is 0.000000682. The van der Waals surface area contributed by atoms with Crippen LogP contribution in [-0.2, 0) is 28.7 Å². The van der Waals surface area contributed by atoms with Gasteiger partial charge in [-0.25, -0.2) is 24.2 Å². The van der Waals surface area contributed by atoms with Gasteiger partial charge in [-0.15, -0.1) is 0 Å². The van der Waals surface area contributed by atoms with Crippen LogP contribution >= 0.6 is 0 Å². The molecule has 0 bridgehead atoms. The number of primary amides is 1. The maximum atomic E-state index is 13.2. The van der Waals surface area contributed by atoms with Gasteiger partial charge < -0.3 is 26.5 Å². The van der Waals surface area contributed by atoms with Crippen molar-refractivity contribution in [3.63, 3.8) is 0 Å². The predicted octanol–water partition coefficient (Wildman–Crippen LogP) is 2.05. The van der Waals surface area contributed by atoms with Crippen LogP contribution in [0, 0.1) is 0 Å². The Kier molecular flexibility index (Phi) is 9.83. The van der Waals surface area contributed by atoms with Crippen LogP contribution in [0.3, 0.4) is 0 Å². The molecule has 6 N–H and O–H groups in total. The van der Waals surface area contributed by atoms with Crippen molar-refractivity contribution >= 4 is 35.9 Å². The maximum Gasteiger partial charge on any atom is 0.418 e. The highest BCUT2D eigenvalue weighted by molar-refractivity contribution is 6.04. The van der Waals surface area contributed by atoms with Crippen LogP contribution < -0.4 is 11.9 Å². The zero-order valence-corrected chi connectivity index (χ0v) is 21.0. The first-order valence-electron chi connectivity index (χ1n) is 10.3. The summed E-state index contributed by atoms with van der Waals surface area (Å²) in [5.41, 5.74) is 2.91. The summed E-state index contributed by atoms with van der Waals surface area (Å²) in [5, 5.41) is 8.75. The molecule has 5 amide bonds. The molecule has 2 atom stereocenters. The fourth-order valence-electron chi connectivity index (χ4n) is 2.95. The molecule has 2 aliphatic heterocycles. The number of imide groups is 2. The van der Waals surface area contributed by atoms with Crippen molar-refractivity contribution in [1.82, 2.24) is 16.0 Å². The summed E-state index contributed by atoms with van der Waals surface area (Å²) in [4.78, 5) is 67.6. The molecule has 0 aromatic heterocycles. The Labute approximate surface area is 208 Å². The summed E-state index contributed by atoms with van der Waals surface area (Å²) in [6, 6.07) is -3.58. The number of alkyl halides is 4. The Morgan fingerprint density at radius 3 is 1.38 bits per heavy atom. The van der Waals surface area contributed by atoms with E-state index in [0.29, 0.717) is 0 Å². The first-order chi connectivity index (χ1) is 15.9. The molecular weight excluding hydrogens is 516 g/mol. The molecule has 2 rings (SSSR count). The highest BCUT2D eigenvalue weighted by atomic mass is 19.3. The molecule has 2 aliphatic rings. The Bertz CT molecular complexity index is 884. The molecule has 17 heteroatoms. The maximum absolute atomic E-state index is 13.2. The van der Waals surface area contributed by atoms with Gasteiger partial charge in [0, 0.05) is 0 Å². The van der Waals surface area contributed by atoms with Crippen LogP contribution in [-0.4, -0.2) is 85.9 Å². The predicted molar refractivity (Wildman–Crippen MR) is 115 cm³/mol. The number of hydrogen-bond acceptors (Lipinski definition) is 9. The third kappa shape index (κ3) is 8.26. The normalized spacial score (nSPS) is 22.4. The van der Waals surface area contributed by atoms with E-state index in [-0.39, 0.29) is 16.0 Å². The van der Waals surface area contributed by atoms with E-state index >= 15 is 0 Å². The topological polar surface area (TPSA) is 209 Å². The van der Waals surface area contributed by atoms with Gasteiger partial charge >= 0.3 is 41.8 Å². The van der Waals surface area contributed by atoms with Crippen molar-refractivity contribution in [2.45, 2.75) is 89.5 Å². The van der Waals surface area contributed by atoms with E-state index in [0.717, 1.165) is 0 Å². The average molecular weight is 546 g/mol. The number of carbonyl (C=O) groups excluding carboxylic acids is 5. The second-order valence-corrected chi connectivity index (χ2v) is 9.90. The number of hydrogen-bond donors (Lipinski definition) is 3. The minimum atomic E-state index is -3.86. The second kappa shape index (κ2) is 10.9. The lowest BCUT2D eigenvalue weighted by molar-refractivity contribution is -0.150. The number of carboxylic acid groups (broad SMARTS) is 1. The lowest BCUT2D eigenvalue weighted by atomic mass is 10.2. The Hall–Kier alpha value is -3.50. The molecule has 212 valence electrons. The molecule has 2 heterocycles. The van der Waals surface area contributed by atoms with E-state index in [4.69, 9.17) is 20.3 Å². The first kappa shape index (κ1) is 33.5. The second-order valence-electron chi connectivity index (χ2n) is 9.90. The number of carbonyl (C=O) groups is 6. The summed E-state index contributed by atoms with van der Waals surface area (Å²) < 4.78 is 62.2. The van der Waals surface area contributed by atoms with Crippen LogP contribution in [0.4, 0.5) is 27.2 Å². The van der Waals surface area contributed by atoms with Crippen molar-refractivity contribution in [2.75, 3.05) is 0 Å². The third-order valence-corrected chi connectivity index (χ3v) is 4.38. The standard InChI is InChI=1S/C10H14F2N2O4.C10H13F2NO5.H3N/c1-9(2,3)18-8(17)14-5(6(13)15)4-10(11,12)7(14)16;1-9(2,3)18-8(17)13-5(6(14)15)4-10(11,12)7(13)16;/h5H,4H2,1-3H3,(H2,13,15);5H,4H2,1-3H3,(H,14,15);1H3. The molecule has 0 radical (unpaired) electrons. The number of nitrogens with two attached hydrogens (primary N) is 1. The lowest BCUT2D eigenvalue weighted by Crippen LogP contribution is -2.48. The number of ether oxygens (including phenoxy) is 2. The third-order valence-electron chi connectivity index (χ3n) is 4.38. The molecule has 2 saturated heterocycles. The van der Waals surface area contributed by atoms with E-state index < -0.39 is 83.8 Å². The van der Waals surface area contributed by atoms with E-state index in [1.54, 1.807) is 0 Å². The van der Waals surface area contributed by atoms with Gasteiger partial charge in [-0.3, -0.25) is 14.4 Å². The average Bonchev–Trinajstić information content (AvgIpc) is 3.02. The van der Waals surface area contributed by atoms with E-state index in [2.05, 4.69) is 0 Å². The van der Waals surface area contributed by atoms with Crippen LogP contribution in [0.15, 0.2) is 0 Å². The van der Waals surface area contributed by atoms with E-state index in [1.165, 1.54) is 41.5 Å². The van der Waals surface area contributed by atoms with Gasteiger partial charge in [0.2, 0.25) is 5.91 Å². The largest absolute Gasteiger partial charge is 0.480 e. The van der Waals surface area contributed by atoms with Crippen molar-refractivity contribution in [1.29, 1.82) is 0 Å². The Morgan fingerprint density at radius 2 is 1.11 bits per heavy atom. The number of halogens is 4.